The summed E-state index contributed by atoms with van der Waals surface area (Å²) in [6.07, 6.45) is 5.93. The third-order valence-electron chi connectivity index (χ3n) is 5.25. The Labute approximate surface area is 172 Å². The average Bonchev–Trinajstić information content (AvgIpc) is 3.12. The van der Waals surface area contributed by atoms with Crippen molar-refractivity contribution in [2.45, 2.75) is 37.8 Å². The lowest BCUT2D eigenvalue weighted by molar-refractivity contribution is 0.185. The molecule has 0 atom stereocenters. The van der Waals surface area contributed by atoms with Crippen molar-refractivity contribution in [2.75, 3.05) is 12.4 Å². The smallest absolute Gasteiger partial charge is 0.404 e. The zero-order valence-electron chi connectivity index (χ0n) is 15.9. The highest BCUT2D eigenvalue weighted by Crippen LogP contribution is 2.33. The van der Waals surface area contributed by atoms with Crippen molar-refractivity contribution >= 4 is 34.5 Å². The summed E-state index contributed by atoms with van der Waals surface area (Å²) in [5, 5.41) is 16.2. The second-order valence-electron chi connectivity index (χ2n) is 7.18. The Morgan fingerprint density at radius 3 is 2.72 bits per heavy atom. The minimum atomic E-state index is -0.965. The van der Waals surface area contributed by atoms with Gasteiger partial charge < -0.3 is 25.5 Å². The number of carboxylic acid groups (broad SMARTS) is 1. The first-order valence-corrected chi connectivity index (χ1v) is 9.84. The van der Waals surface area contributed by atoms with Gasteiger partial charge in [0.25, 0.3) is 0 Å². The van der Waals surface area contributed by atoms with Crippen LogP contribution in [0.4, 0.5) is 10.6 Å². The van der Waals surface area contributed by atoms with E-state index in [4.69, 9.17) is 21.4 Å². The second kappa shape index (κ2) is 8.16. The quantitative estimate of drug-likeness (QED) is 0.463. The maximum atomic E-state index is 10.8. The Balaban J connectivity index is 1.54. The van der Waals surface area contributed by atoms with Gasteiger partial charge in [0.1, 0.15) is 22.4 Å². The van der Waals surface area contributed by atoms with Crippen molar-refractivity contribution < 1.29 is 14.6 Å². The summed E-state index contributed by atoms with van der Waals surface area (Å²) < 4.78 is 5.29. The van der Waals surface area contributed by atoms with Crippen molar-refractivity contribution in [1.82, 2.24) is 20.3 Å². The highest BCUT2D eigenvalue weighted by atomic mass is 35.5. The molecule has 0 spiro atoms. The largest absolute Gasteiger partial charge is 0.495 e. The Bertz CT molecular complexity index is 1030. The van der Waals surface area contributed by atoms with Gasteiger partial charge in [-0.1, -0.05) is 11.6 Å². The number of aromatic nitrogens is 3. The number of hydrogen-bond donors (Lipinski definition) is 4. The number of H-pyrrole nitrogens is 1. The topological polar surface area (TPSA) is 112 Å². The third-order valence-corrected chi connectivity index (χ3v) is 5.45. The molecule has 29 heavy (non-hydrogen) atoms. The van der Waals surface area contributed by atoms with Crippen molar-refractivity contribution in [3.05, 3.63) is 35.7 Å². The minimum Gasteiger partial charge on any atom is -0.495 e. The van der Waals surface area contributed by atoms with Gasteiger partial charge >= 0.3 is 6.09 Å². The number of ether oxygens (including phenoxy) is 1. The van der Waals surface area contributed by atoms with Gasteiger partial charge in [-0.05, 0) is 49.4 Å². The Hall–Kier alpha value is -3.00. The van der Waals surface area contributed by atoms with Crippen LogP contribution < -0.4 is 15.4 Å². The van der Waals surface area contributed by atoms with E-state index in [0.717, 1.165) is 47.8 Å². The molecule has 152 valence electrons. The molecule has 1 aliphatic carbocycles. The molecule has 1 aliphatic rings. The van der Waals surface area contributed by atoms with E-state index < -0.39 is 6.09 Å². The molecule has 8 nitrogen and oxygen atoms in total. The van der Waals surface area contributed by atoms with Gasteiger partial charge in [-0.15, -0.1) is 0 Å². The number of pyridine rings is 2. The lowest BCUT2D eigenvalue weighted by Gasteiger charge is -2.29. The lowest BCUT2D eigenvalue weighted by atomic mass is 9.91. The summed E-state index contributed by atoms with van der Waals surface area (Å²) in [7, 11) is 1.61. The van der Waals surface area contributed by atoms with E-state index in [2.05, 4.69) is 25.6 Å². The highest BCUT2D eigenvalue weighted by molar-refractivity contribution is 6.29. The van der Waals surface area contributed by atoms with E-state index in [0.29, 0.717) is 16.7 Å². The number of fused-ring (bicyclic) bond motifs is 1. The van der Waals surface area contributed by atoms with Crippen LogP contribution in [-0.4, -0.2) is 45.3 Å². The molecule has 1 amide bonds. The predicted octanol–water partition coefficient (Wildman–Crippen LogP) is 4.28. The van der Waals surface area contributed by atoms with Crippen molar-refractivity contribution in [1.29, 1.82) is 0 Å². The molecular formula is C20H22ClN5O3. The third kappa shape index (κ3) is 4.37. The van der Waals surface area contributed by atoms with Gasteiger partial charge in [0.15, 0.2) is 0 Å². The van der Waals surface area contributed by atoms with Gasteiger partial charge in [-0.3, -0.25) is 0 Å². The van der Waals surface area contributed by atoms with E-state index in [1.165, 1.54) is 0 Å². The van der Waals surface area contributed by atoms with Gasteiger partial charge in [0, 0.05) is 29.2 Å². The van der Waals surface area contributed by atoms with Crippen LogP contribution in [0, 0.1) is 0 Å². The summed E-state index contributed by atoms with van der Waals surface area (Å²) in [5.74, 6) is 1.39. The molecule has 1 fully saturated rings. The molecule has 0 saturated heterocycles. The molecule has 3 aromatic rings. The molecule has 0 aromatic carbocycles. The molecule has 1 saturated carbocycles. The number of anilines is 1. The standard InChI is InChI=1S/C20H22ClN5O3/c1-29-14-8-15-16(10-23-19(15)22-9-14)11-6-17(21)26-18(7-11)24-12-2-4-13(5-3-12)25-20(27)28/h6-10,12-13,25H,2-5H2,1H3,(H,22,23)(H,24,26)(H,27,28)/t12-,13-. The summed E-state index contributed by atoms with van der Waals surface area (Å²) in [6.45, 7) is 0. The summed E-state index contributed by atoms with van der Waals surface area (Å²) >= 11 is 6.30. The predicted molar refractivity (Wildman–Crippen MR) is 112 cm³/mol. The number of hydrogen-bond acceptors (Lipinski definition) is 5. The van der Waals surface area contributed by atoms with E-state index >= 15 is 0 Å². The molecule has 0 bridgehead atoms. The van der Waals surface area contributed by atoms with Crippen LogP contribution in [0.15, 0.2) is 30.6 Å². The fourth-order valence-corrected chi connectivity index (χ4v) is 4.04. The number of nitrogens with zero attached hydrogens (tertiary/aromatic N) is 2. The fourth-order valence-electron chi connectivity index (χ4n) is 3.83. The lowest BCUT2D eigenvalue weighted by Crippen LogP contribution is -2.39. The first-order chi connectivity index (χ1) is 14.0. The van der Waals surface area contributed by atoms with E-state index in [9.17, 15) is 4.79 Å². The summed E-state index contributed by atoms with van der Waals surface area (Å²) in [6, 6.07) is 5.97. The van der Waals surface area contributed by atoms with E-state index in [-0.39, 0.29) is 12.1 Å². The molecule has 3 heterocycles. The molecular weight excluding hydrogens is 394 g/mol. The maximum Gasteiger partial charge on any atom is 0.404 e. The van der Waals surface area contributed by atoms with Crippen LogP contribution in [0.25, 0.3) is 22.2 Å². The first-order valence-electron chi connectivity index (χ1n) is 9.47. The number of nitrogens with one attached hydrogen (secondary N) is 3. The molecule has 3 aromatic heterocycles. The Morgan fingerprint density at radius 1 is 1.24 bits per heavy atom. The van der Waals surface area contributed by atoms with Gasteiger partial charge in [-0.2, -0.15) is 0 Å². The van der Waals surface area contributed by atoms with E-state index in [1.807, 2.05) is 24.4 Å². The van der Waals surface area contributed by atoms with Crippen LogP contribution >= 0.6 is 11.6 Å². The molecule has 4 N–H and O–H groups in total. The van der Waals surface area contributed by atoms with E-state index in [1.54, 1.807) is 13.3 Å². The Kier molecular flexibility index (Phi) is 5.44. The number of aromatic amines is 1. The molecule has 0 aliphatic heterocycles. The molecule has 0 radical (unpaired) electrons. The van der Waals surface area contributed by atoms with Crippen LogP contribution in [-0.2, 0) is 0 Å². The van der Waals surface area contributed by atoms with Crippen molar-refractivity contribution in [2.24, 2.45) is 0 Å². The highest BCUT2D eigenvalue weighted by Gasteiger charge is 2.22. The second-order valence-corrected chi connectivity index (χ2v) is 7.57. The molecule has 0 unspecified atom stereocenters. The van der Waals surface area contributed by atoms with Crippen LogP contribution in [0.1, 0.15) is 25.7 Å². The zero-order valence-corrected chi connectivity index (χ0v) is 16.7. The maximum absolute atomic E-state index is 10.8. The van der Waals surface area contributed by atoms with Crippen LogP contribution in [0.5, 0.6) is 5.75 Å². The number of amides is 1. The van der Waals surface area contributed by atoms with Crippen LogP contribution in [0.3, 0.4) is 0 Å². The van der Waals surface area contributed by atoms with Gasteiger partial charge in [0.2, 0.25) is 0 Å². The first kappa shape index (κ1) is 19.3. The van der Waals surface area contributed by atoms with Gasteiger partial charge in [0.05, 0.1) is 13.3 Å². The normalized spacial score (nSPS) is 19.1. The average molecular weight is 416 g/mol. The van der Waals surface area contributed by atoms with Crippen LogP contribution in [0.2, 0.25) is 5.15 Å². The number of carbonyl (C=O) groups is 1. The number of methoxy groups -OCH3 is 1. The number of rotatable bonds is 5. The molecule has 4 rings (SSSR count). The van der Waals surface area contributed by atoms with Crippen molar-refractivity contribution in [3.8, 4) is 16.9 Å². The summed E-state index contributed by atoms with van der Waals surface area (Å²) in [5.41, 5.74) is 2.66. The minimum absolute atomic E-state index is 0.0159. The summed E-state index contributed by atoms with van der Waals surface area (Å²) in [4.78, 5) is 22.8. The fraction of sp³-hybridized carbons (Fsp3) is 0.350. The van der Waals surface area contributed by atoms with Crippen molar-refractivity contribution in [3.63, 3.8) is 0 Å². The van der Waals surface area contributed by atoms with Gasteiger partial charge in [-0.25, -0.2) is 14.8 Å². The zero-order chi connectivity index (χ0) is 20.4. The monoisotopic (exact) mass is 415 g/mol. The Morgan fingerprint density at radius 2 is 2.00 bits per heavy atom. The SMILES string of the molecule is COc1cnc2[nH]cc(-c3cc(Cl)nc(N[C@H]4CC[C@H](NC(=O)O)CC4)c3)c2c1. The number of halogens is 1. The molecule has 9 heteroatoms.